The Labute approximate surface area is 147 Å². The van der Waals surface area contributed by atoms with Crippen LogP contribution in [0.2, 0.25) is 0 Å². The second-order valence-electron chi connectivity index (χ2n) is 5.54. The van der Waals surface area contributed by atoms with Crippen LogP contribution < -0.4 is 11.1 Å². The number of benzene rings is 1. The van der Waals surface area contributed by atoms with Gasteiger partial charge in [0.1, 0.15) is 5.82 Å². The fraction of sp³-hybridized carbons (Fsp3) is 0.533. The van der Waals surface area contributed by atoms with Gasteiger partial charge in [0.15, 0.2) is 9.84 Å². The van der Waals surface area contributed by atoms with Gasteiger partial charge in [-0.15, -0.1) is 12.4 Å². The van der Waals surface area contributed by atoms with Crippen LogP contribution in [-0.4, -0.2) is 45.9 Å². The monoisotopic (exact) mass is 380 g/mol. The van der Waals surface area contributed by atoms with Crippen molar-refractivity contribution in [2.45, 2.75) is 23.8 Å². The molecule has 0 aliphatic carbocycles. The van der Waals surface area contributed by atoms with E-state index < -0.39 is 21.7 Å². The van der Waals surface area contributed by atoms with Crippen molar-refractivity contribution in [3.8, 4) is 0 Å². The molecule has 24 heavy (non-hydrogen) atoms. The van der Waals surface area contributed by atoms with Crippen molar-refractivity contribution in [1.29, 1.82) is 0 Å². The minimum Gasteiger partial charge on any atom is -0.381 e. The summed E-state index contributed by atoms with van der Waals surface area (Å²) >= 11 is 0. The molecule has 6 nitrogen and oxygen atoms in total. The second-order valence-corrected chi connectivity index (χ2v) is 7.65. The lowest BCUT2D eigenvalue weighted by molar-refractivity contribution is -0.124. The molecule has 2 rings (SSSR count). The number of hydrogen-bond acceptors (Lipinski definition) is 5. The van der Waals surface area contributed by atoms with E-state index in [4.69, 9.17) is 10.5 Å². The van der Waals surface area contributed by atoms with Crippen molar-refractivity contribution in [2.75, 3.05) is 25.5 Å². The predicted octanol–water partition coefficient (Wildman–Crippen LogP) is 0.891. The van der Waals surface area contributed by atoms with E-state index in [1.807, 2.05) is 0 Å². The Morgan fingerprint density at radius 2 is 1.88 bits per heavy atom. The van der Waals surface area contributed by atoms with Gasteiger partial charge in [0.25, 0.3) is 0 Å². The van der Waals surface area contributed by atoms with E-state index in [1.165, 1.54) is 12.1 Å². The van der Waals surface area contributed by atoms with Crippen LogP contribution >= 0.6 is 12.4 Å². The summed E-state index contributed by atoms with van der Waals surface area (Å²) in [4.78, 5) is 12.0. The van der Waals surface area contributed by atoms with Crippen LogP contribution in [0.3, 0.4) is 0 Å². The fourth-order valence-electron chi connectivity index (χ4n) is 2.48. The first-order valence-corrected chi connectivity index (χ1v) is 9.15. The van der Waals surface area contributed by atoms with E-state index in [-0.39, 0.29) is 41.4 Å². The zero-order valence-corrected chi connectivity index (χ0v) is 14.7. The fourth-order valence-corrected chi connectivity index (χ4v) is 3.63. The Kier molecular flexibility index (Phi) is 8.08. The third kappa shape index (κ3) is 5.70. The molecule has 1 unspecified atom stereocenters. The summed E-state index contributed by atoms with van der Waals surface area (Å²) in [5.41, 5.74) is 5.91. The molecule has 1 atom stereocenters. The summed E-state index contributed by atoms with van der Waals surface area (Å²) in [6.45, 7) is 1.14. The summed E-state index contributed by atoms with van der Waals surface area (Å²) in [5.74, 6) is -1.06. The topological polar surface area (TPSA) is 98.5 Å². The molecule has 3 N–H and O–H groups in total. The number of carbonyl (C=O) groups excluding carboxylic acids is 1. The van der Waals surface area contributed by atoms with E-state index in [2.05, 4.69) is 5.32 Å². The van der Waals surface area contributed by atoms with Crippen molar-refractivity contribution in [3.05, 3.63) is 30.1 Å². The Bertz CT molecular complexity index is 633. The normalized spacial score (nSPS) is 16.9. The number of rotatable bonds is 6. The van der Waals surface area contributed by atoms with Gasteiger partial charge in [0, 0.05) is 19.8 Å². The van der Waals surface area contributed by atoms with Gasteiger partial charge in [0.05, 0.1) is 16.7 Å². The van der Waals surface area contributed by atoms with E-state index in [0.717, 1.165) is 25.0 Å². The first-order chi connectivity index (χ1) is 10.9. The smallest absolute Gasteiger partial charge is 0.237 e. The van der Waals surface area contributed by atoms with E-state index in [9.17, 15) is 17.6 Å². The molecule has 1 heterocycles. The number of carbonyl (C=O) groups is 1. The number of hydrogen-bond donors (Lipinski definition) is 2. The number of amides is 1. The van der Waals surface area contributed by atoms with Crippen molar-refractivity contribution in [1.82, 2.24) is 5.32 Å². The highest BCUT2D eigenvalue weighted by atomic mass is 35.5. The molecular weight excluding hydrogens is 359 g/mol. The summed E-state index contributed by atoms with van der Waals surface area (Å²) in [6, 6.07) is 3.94. The molecule has 0 aromatic heterocycles. The molecule has 0 radical (unpaired) electrons. The number of ether oxygens (including phenoxy) is 1. The molecule has 0 saturated carbocycles. The van der Waals surface area contributed by atoms with Crippen LogP contribution in [0.15, 0.2) is 29.2 Å². The molecular formula is C15H22ClFN2O4S. The average molecular weight is 381 g/mol. The van der Waals surface area contributed by atoms with Gasteiger partial charge in [-0.2, -0.15) is 0 Å². The van der Waals surface area contributed by atoms with Gasteiger partial charge in [-0.1, -0.05) is 0 Å². The van der Waals surface area contributed by atoms with Crippen molar-refractivity contribution >= 4 is 28.2 Å². The van der Waals surface area contributed by atoms with Gasteiger partial charge in [-0.25, -0.2) is 12.8 Å². The molecule has 1 aromatic rings. The van der Waals surface area contributed by atoms with E-state index in [0.29, 0.717) is 13.2 Å². The van der Waals surface area contributed by atoms with E-state index >= 15 is 0 Å². The maximum atomic E-state index is 12.8. The summed E-state index contributed by atoms with van der Waals surface area (Å²) in [7, 11) is -3.57. The SMILES string of the molecule is Cl.NC(C(=O)NCCS(=O)(=O)c1ccc(F)cc1)C1CCOCC1. The second kappa shape index (κ2) is 9.31. The molecule has 136 valence electrons. The number of nitrogens with two attached hydrogens (primary N) is 1. The Morgan fingerprint density at radius 1 is 1.29 bits per heavy atom. The Morgan fingerprint density at radius 3 is 2.46 bits per heavy atom. The number of sulfone groups is 1. The van der Waals surface area contributed by atoms with Gasteiger partial charge < -0.3 is 15.8 Å². The Balaban J connectivity index is 0.00000288. The lowest BCUT2D eigenvalue weighted by Gasteiger charge is -2.26. The van der Waals surface area contributed by atoms with Gasteiger partial charge in [-0.3, -0.25) is 4.79 Å². The Hall–Kier alpha value is -1.22. The highest BCUT2D eigenvalue weighted by molar-refractivity contribution is 7.91. The van der Waals surface area contributed by atoms with Gasteiger partial charge in [-0.05, 0) is 43.0 Å². The molecule has 1 aliphatic rings. The summed E-state index contributed by atoms with van der Waals surface area (Å²) in [6.07, 6.45) is 1.45. The largest absolute Gasteiger partial charge is 0.381 e. The molecule has 9 heteroatoms. The zero-order chi connectivity index (χ0) is 16.9. The van der Waals surface area contributed by atoms with Crippen LogP contribution in [0.4, 0.5) is 4.39 Å². The molecule has 1 fully saturated rings. The van der Waals surface area contributed by atoms with Crippen molar-refractivity contribution in [3.63, 3.8) is 0 Å². The van der Waals surface area contributed by atoms with Crippen LogP contribution in [0.5, 0.6) is 0 Å². The molecule has 0 spiro atoms. The maximum Gasteiger partial charge on any atom is 0.237 e. The highest BCUT2D eigenvalue weighted by Crippen LogP contribution is 2.17. The molecule has 1 amide bonds. The first kappa shape index (κ1) is 20.8. The first-order valence-electron chi connectivity index (χ1n) is 7.49. The van der Waals surface area contributed by atoms with Crippen LogP contribution in [0, 0.1) is 11.7 Å². The summed E-state index contributed by atoms with van der Waals surface area (Å²) in [5, 5.41) is 2.56. The molecule has 1 aromatic carbocycles. The lowest BCUT2D eigenvalue weighted by atomic mass is 9.92. The third-order valence-electron chi connectivity index (χ3n) is 3.92. The quantitative estimate of drug-likeness (QED) is 0.714. The third-order valence-corrected chi connectivity index (χ3v) is 5.65. The summed E-state index contributed by atoms with van der Waals surface area (Å²) < 4.78 is 42.2. The molecule has 1 aliphatic heterocycles. The van der Waals surface area contributed by atoms with Crippen molar-refractivity contribution < 1.29 is 22.3 Å². The molecule has 1 saturated heterocycles. The highest BCUT2D eigenvalue weighted by Gasteiger charge is 2.26. The molecule has 0 bridgehead atoms. The van der Waals surface area contributed by atoms with Crippen LogP contribution in [0.1, 0.15) is 12.8 Å². The van der Waals surface area contributed by atoms with Crippen molar-refractivity contribution in [2.24, 2.45) is 11.7 Å². The lowest BCUT2D eigenvalue weighted by Crippen LogP contribution is -2.48. The minimum absolute atomic E-state index is 0. The maximum absolute atomic E-state index is 12.8. The standard InChI is InChI=1S/C15H21FN2O4S.ClH/c16-12-1-3-13(4-2-12)23(20,21)10-7-18-15(19)14(17)11-5-8-22-9-6-11;/h1-4,11,14H,5-10,17H2,(H,18,19);1H. The van der Waals surface area contributed by atoms with Crippen LogP contribution in [0.25, 0.3) is 0 Å². The average Bonchev–Trinajstić information content (AvgIpc) is 2.55. The van der Waals surface area contributed by atoms with Gasteiger partial charge in [0.2, 0.25) is 5.91 Å². The number of nitrogens with one attached hydrogen (secondary N) is 1. The predicted molar refractivity (Wildman–Crippen MR) is 90.2 cm³/mol. The number of halogens is 2. The minimum atomic E-state index is -3.57. The van der Waals surface area contributed by atoms with E-state index in [1.54, 1.807) is 0 Å². The van der Waals surface area contributed by atoms with Crippen LogP contribution in [-0.2, 0) is 19.4 Å². The van der Waals surface area contributed by atoms with Gasteiger partial charge >= 0.3 is 0 Å². The zero-order valence-electron chi connectivity index (χ0n) is 13.1.